The topological polar surface area (TPSA) is 98.3 Å². The van der Waals surface area contributed by atoms with Gasteiger partial charge in [-0.2, -0.15) is 0 Å². The van der Waals surface area contributed by atoms with E-state index in [2.05, 4.69) is 55.5 Å². The number of aliphatic hydroxyl groups is 1. The first kappa shape index (κ1) is 31.2. The van der Waals surface area contributed by atoms with Crippen LogP contribution in [0.4, 0.5) is 4.79 Å². The molecule has 9 nitrogen and oxygen atoms in total. The van der Waals surface area contributed by atoms with E-state index in [4.69, 9.17) is 9.47 Å². The molecular weight excluding hydrogens is 458 g/mol. The summed E-state index contributed by atoms with van der Waals surface area (Å²) in [7, 11) is 1.72. The Kier molecular flexibility index (Phi) is 11.9. The van der Waals surface area contributed by atoms with Crippen LogP contribution in [0.2, 0.25) is 0 Å². The number of hydrogen-bond donors (Lipinski definition) is 4. The Bertz CT molecular complexity index is 664. The molecule has 1 amide bonds. The van der Waals surface area contributed by atoms with Gasteiger partial charge < -0.3 is 30.1 Å². The van der Waals surface area contributed by atoms with Crippen molar-refractivity contribution in [3.05, 3.63) is 0 Å². The van der Waals surface area contributed by atoms with Crippen LogP contribution in [0.5, 0.6) is 0 Å². The zero-order valence-electron chi connectivity index (χ0n) is 24.4. The molecule has 2 fully saturated rings. The van der Waals surface area contributed by atoms with Crippen molar-refractivity contribution in [3.8, 4) is 0 Å². The van der Waals surface area contributed by atoms with Crippen molar-refractivity contribution < 1.29 is 19.4 Å². The quantitative estimate of drug-likeness (QED) is 0.262. The zero-order valence-corrected chi connectivity index (χ0v) is 24.4. The number of piperidine rings is 1. The number of amides is 1. The number of hydrogen-bond acceptors (Lipinski definition) is 8. The minimum atomic E-state index is -0.656. The predicted molar refractivity (Wildman–Crippen MR) is 145 cm³/mol. The fraction of sp³-hybridized carbons (Fsp3) is 0.963. The first-order valence-electron chi connectivity index (χ1n) is 13.9. The minimum Gasteiger partial charge on any atom is -0.444 e. The van der Waals surface area contributed by atoms with Gasteiger partial charge in [0.15, 0.2) is 0 Å². The summed E-state index contributed by atoms with van der Waals surface area (Å²) in [6, 6.07) is 0.0816. The Morgan fingerprint density at radius 3 is 2.50 bits per heavy atom. The molecule has 0 bridgehead atoms. The van der Waals surface area contributed by atoms with Crippen molar-refractivity contribution in [1.29, 1.82) is 0 Å². The third-order valence-corrected chi connectivity index (χ3v) is 6.90. The Balaban J connectivity index is 2.19. The summed E-state index contributed by atoms with van der Waals surface area (Å²) >= 11 is 0. The SMILES string of the molecule is COCCCNC1NC(C(C)(C)C)NCC1C(O)N(CC(C)C)[C@H]1CCCN(C(=O)OC(C)(C)C)C1. The maximum Gasteiger partial charge on any atom is 0.410 e. The second-order valence-corrected chi connectivity index (χ2v) is 13.0. The van der Waals surface area contributed by atoms with Gasteiger partial charge in [-0.15, -0.1) is 0 Å². The van der Waals surface area contributed by atoms with E-state index in [0.717, 1.165) is 32.4 Å². The molecule has 2 aliphatic heterocycles. The van der Waals surface area contributed by atoms with E-state index >= 15 is 0 Å². The van der Waals surface area contributed by atoms with E-state index in [0.29, 0.717) is 32.2 Å². The molecule has 212 valence electrons. The third kappa shape index (κ3) is 9.72. The highest BCUT2D eigenvalue weighted by atomic mass is 16.6. The van der Waals surface area contributed by atoms with Crippen LogP contribution in [-0.4, -0.2) is 97.6 Å². The van der Waals surface area contributed by atoms with Crippen LogP contribution in [0.15, 0.2) is 0 Å². The van der Waals surface area contributed by atoms with Gasteiger partial charge in [0.2, 0.25) is 0 Å². The number of methoxy groups -OCH3 is 1. The second-order valence-electron chi connectivity index (χ2n) is 13.0. The third-order valence-electron chi connectivity index (χ3n) is 6.90. The first-order valence-corrected chi connectivity index (χ1v) is 13.9. The smallest absolute Gasteiger partial charge is 0.410 e. The lowest BCUT2D eigenvalue weighted by Crippen LogP contribution is -2.71. The average Bonchev–Trinajstić information content (AvgIpc) is 2.78. The Morgan fingerprint density at radius 1 is 1.22 bits per heavy atom. The highest BCUT2D eigenvalue weighted by Crippen LogP contribution is 2.27. The predicted octanol–water partition coefficient (Wildman–Crippen LogP) is 2.80. The van der Waals surface area contributed by atoms with Crippen molar-refractivity contribution in [3.63, 3.8) is 0 Å². The molecule has 4 N–H and O–H groups in total. The van der Waals surface area contributed by atoms with Gasteiger partial charge in [-0.05, 0) is 57.9 Å². The molecular formula is C27H55N5O4. The van der Waals surface area contributed by atoms with Gasteiger partial charge in [0, 0.05) is 51.9 Å². The molecule has 2 aliphatic rings. The van der Waals surface area contributed by atoms with Gasteiger partial charge in [0.25, 0.3) is 0 Å². The molecule has 4 unspecified atom stereocenters. The van der Waals surface area contributed by atoms with Crippen LogP contribution in [0.3, 0.4) is 0 Å². The lowest BCUT2D eigenvalue weighted by molar-refractivity contribution is -0.103. The molecule has 0 aromatic heterocycles. The molecule has 2 saturated heterocycles. The van der Waals surface area contributed by atoms with Crippen molar-refractivity contribution in [2.24, 2.45) is 17.3 Å². The van der Waals surface area contributed by atoms with Gasteiger partial charge in [-0.3, -0.25) is 10.2 Å². The molecule has 2 rings (SSSR count). The van der Waals surface area contributed by atoms with Gasteiger partial charge >= 0.3 is 6.09 Å². The van der Waals surface area contributed by atoms with Crippen LogP contribution >= 0.6 is 0 Å². The fourth-order valence-corrected chi connectivity index (χ4v) is 5.11. The number of aliphatic hydroxyl groups excluding tert-OH is 1. The van der Waals surface area contributed by atoms with Crippen LogP contribution in [0.25, 0.3) is 0 Å². The van der Waals surface area contributed by atoms with Crippen LogP contribution in [0.1, 0.15) is 74.7 Å². The summed E-state index contributed by atoms with van der Waals surface area (Å²) < 4.78 is 10.9. The maximum absolute atomic E-state index is 12.8. The normalized spacial score (nSPS) is 26.9. The molecule has 0 saturated carbocycles. The second kappa shape index (κ2) is 13.7. The number of likely N-dealkylation sites (tertiary alicyclic amines) is 1. The molecule has 2 heterocycles. The van der Waals surface area contributed by atoms with Crippen molar-refractivity contribution >= 4 is 6.09 Å². The van der Waals surface area contributed by atoms with E-state index in [1.807, 2.05) is 25.7 Å². The van der Waals surface area contributed by atoms with E-state index < -0.39 is 11.8 Å². The number of carbonyl (C=O) groups is 1. The van der Waals surface area contributed by atoms with Crippen molar-refractivity contribution in [2.45, 2.75) is 105 Å². The molecule has 36 heavy (non-hydrogen) atoms. The number of carbonyl (C=O) groups excluding carboxylic acids is 1. The molecule has 0 aromatic rings. The monoisotopic (exact) mass is 513 g/mol. The minimum absolute atomic E-state index is 0.0390. The van der Waals surface area contributed by atoms with Gasteiger partial charge in [0.1, 0.15) is 11.8 Å². The molecule has 0 aliphatic carbocycles. The summed E-state index contributed by atoms with van der Waals surface area (Å²) in [5.74, 6) is 0.332. The van der Waals surface area contributed by atoms with Crippen LogP contribution in [0, 0.1) is 17.3 Å². The average molecular weight is 514 g/mol. The number of rotatable bonds is 10. The lowest BCUT2D eigenvalue weighted by atomic mass is 9.87. The van der Waals surface area contributed by atoms with Crippen LogP contribution < -0.4 is 16.0 Å². The van der Waals surface area contributed by atoms with Gasteiger partial charge in [-0.25, -0.2) is 4.79 Å². The number of nitrogens with zero attached hydrogens (tertiary/aromatic N) is 2. The van der Waals surface area contributed by atoms with Crippen molar-refractivity contribution in [2.75, 3.05) is 46.4 Å². The van der Waals surface area contributed by atoms with E-state index in [-0.39, 0.29) is 35.8 Å². The molecule has 5 atom stereocenters. The van der Waals surface area contributed by atoms with Gasteiger partial charge in [0.05, 0.1) is 12.3 Å². The summed E-state index contributed by atoms with van der Waals surface area (Å²) in [4.78, 5) is 16.9. The maximum atomic E-state index is 12.8. The van der Waals surface area contributed by atoms with Gasteiger partial charge in [-0.1, -0.05) is 34.6 Å². The first-order chi connectivity index (χ1) is 16.7. The molecule has 9 heteroatoms. The zero-order chi connectivity index (χ0) is 27.1. The highest BCUT2D eigenvalue weighted by Gasteiger charge is 2.42. The van der Waals surface area contributed by atoms with Crippen LogP contribution in [-0.2, 0) is 9.47 Å². The summed E-state index contributed by atoms with van der Waals surface area (Å²) in [6.07, 6.45) is 1.94. The molecule has 0 spiro atoms. The Hall–Kier alpha value is -0.970. The molecule has 0 radical (unpaired) electrons. The van der Waals surface area contributed by atoms with E-state index in [9.17, 15) is 9.90 Å². The summed E-state index contributed by atoms with van der Waals surface area (Å²) in [6.45, 7) is 21.0. The Labute approximate surface area is 220 Å². The number of nitrogens with one attached hydrogen (secondary N) is 3. The summed E-state index contributed by atoms with van der Waals surface area (Å²) in [5, 5.41) is 22.9. The highest BCUT2D eigenvalue weighted by molar-refractivity contribution is 5.68. The Morgan fingerprint density at radius 2 is 1.92 bits per heavy atom. The standard InChI is InChI=1S/C27H55N5O4/c1-19(2)17-32(20-12-10-14-31(18-20)25(34)36-27(6,7)8)23(33)21-16-29-24(26(3,4)5)30-22(21)28-13-11-15-35-9/h19-24,28-30,33H,10-18H2,1-9H3/t20-,21?,22?,23?,24?/m0/s1. The molecule has 0 aromatic carbocycles. The fourth-order valence-electron chi connectivity index (χ4n) is 5.11. The number of ether oxygens (including phenoxy) is 2. The summed E-state index contributed by atoms with van der Waals surface area (Å²) in [5.41, 5.74) is -0.483. The van der Waals surface area contributed by atoms with E-state index in [1.165, 1.54) is 0 Å². The lowest BCUT2D eigenvalue weighted by Gasteiger charge is -2.49. The van der Waals surface area contributed by atoms with Crippen molar-refractivity contribution in [1.82, 2.24) is 25.8 Å². The largest absolute Gasteiger partial charge is 0.444 e. The van der Waals surface area contributed by atoms with E-state index in [1.54, 1.807) is 7.11 Å².